The summed E-state index contributed by atoms with van der Waals surface area (Å²) in [5, 5.41) is 10.1. The van der Waals surface area contributed by atoms with Crippen LogP contribution < -0.4 is 16.1 Å². The van der Waals surface area contributed by atoms with Gasteiger partial charge in [-0.05, 0) is 46.5 Å². The number of pyridine rings is 1. The van der Waals surface area contributed by atoms with Crippen LogP contribution in [0.2, 0.25) is 0 Å². The van der Waals surface area contributed by atoms with Gasteiger partial charge < -0.3 is 15.2 Å². The molecule has 2 N–H and O–H groups in total. The van der Waals surface area contributed by atoms with Crippen LogP contribution in [-0.4, -0.2) is 32.7 Å². The van der Waals surface area contributed by atoms with Crippen LogP contribution in [0.3, 0.4) is 0 Å². The molecule has 0 unspecified atom stereocenters. The molecule has 174 valence electrons. The first-order valence-electron chi connectivity index (χ1n) is 11.5. The van der Waals surface area contributed by atoms with Crippen molar-refractivity contribution >= 4 is 11.8 Å². The molecule has 2 aromatic heterocycles. The van der Waals surface area contributed by atoms with Crippen molar-refractivity contribution in [2.75, 3.05) is 6.54 Å². The maximum Gasteiger partial charge on any atom is 0.257 e. The Morgan fingerprint density at radius 1 is 1.06 bits per heavy atom. The lowest BCUT2D eigenvalue weighted by Crippen LogP contribution is -2.37. The van der Waals surface area contributed by atoms with E-state index < -0.39 is 17.2 Å². The summed E-state index contributed by atoms with van der Waals surface area (Å²) < 4.78 is 3.51. The van der Waals surface area contributed by atoms with Crippen molar-refractivity contribution in [1.82, 2.24) is 25.0 Å². The largest absolute Gasteiger partial charge is 0.352 e. The van der Waals surface area contributed by atoms with Gasteiger partial charge in [-0.15, -0.1) is 0 Å². The highest BCUT2D eigenvalue weighted by Crippen LogP contribution is 2.22. The molecule has 0 bridgehead atoms. The van der Waals surface area contributed by atoms with Crippen LogP contribution in [0.5, 0.6) is 0 Å². The fraction of sp³-hybridized carbons (Fsp3) is 0.583. The number of carbonyl (C=O) groups is 2. The third kappa shape index (κ3) is 5.29. The molecule has 2 aromatic rings. The summed E-state index contributed by atoms with van der Waals surface area (Å²) in [5.74, 6) is -0.449. The first-order valence-corrected chi connectivity index (χ1v) is 11.5. The van der Waals surface area contributed by atoms with Gasteiger partial charge in [-0.2, -0.15) is 5.10 Å². The molecule has 1 saturated carbocycles. The molecule has 0 radical (unpaired) electrons. The molecule has 0 atom stereocenters. The van der Waals surface area contributed by atoms with Gasteiger partial charge in [0.2, 0.25) is 5.43 Å². The quantitative estimate of drug-likeness (QED) is 0.690. The number of hydrogen-bond acceptors (Lipinski definition) is 4. The van der Waals surface area contributed by atoms with Crippen molar-refractivity contribution < 1.29 is 9.59 Å². The first kappa shape index (κ1) is 23.8. The monoisotopic (exact) mass is 441 g/mol. The van der Waals surface area contributed by atoms with Gasteiger partial charge in [0.25, 0.3) is 11.8 Å². The molecule has 0 aromatic carbocycles. The summed E-state index contributed by atoms with van der Waals surface area (Å²) in [7, 11) is 1.85. The highest BCUT2D eigenvalue weighted by atomic mass is 16.2. The molecule has 32 heavy (non-hydrogen) atoms. The van der Waals surface area contributed by atoms with Gasteiger partial charge in [0, 0.05) is 49.8 Å². The lowest BCUT2D eigenvalue weighted by Gasteiger charge is -2.22. The Labute approximate surface area is 189 Å². The summed E-state index contributed by atoms with van der Waals surface area (Å²) >= 11 is 0. The van der Waals surface area contributed by atoms with Crippen LogP contribution in [0, 0.1) is 19.8 Å². The number of hydrogen-bond donors (Lipinski definition) is 2. The molecule has 8 heteroatoms. The van der Waals surface area contributed by atoms with Gasteiger partial charge in [0.05, 0.1) is 5.69 Å². The number of nitrogens with one attached hydrogen (secondary N) is 2. The van der Waals surface area contributed by atoms with Gasteiger partial charge in [-0.3, -0.25) is 19.1 Å². The Balaban J connectivity index is 1.80. The number of amides is 2. The smallest absolute Gasteiger partial charge is 0.257 e. The standard InChI is InChI=1S/C24H35N5O3/c1-15(2)29-13-20(23(31)25-11-18-9-7-6-8-10-18)22(30)21(14-29)24(32)26-12-19-16(3)27-28(5)17(19)4/h13-15,18H,6-12H2,1-5H3,(H,25,31)(H,26,32). The van der Waals surface area contributed by atoms with E-state index in [-0.39, 0.29) is 23.7 Å². The zero-order chi connectivity index (χ0) is 23.4. The van der Waals surface area contributed by atoms with Crippen LogP contribution in [0.1, 0.15) is 89.7 Å². The fourth-order valence-corrected chi connectivity index (χ4v) is 4.28. The molecule has 1 fully saturated rings. The second-order valence-corrected chi connectivity index (χ2v) is 9.13. The fourth-order valence-electron chi connectivity index (χ4n) is 4.28. The average molecular weight is 442 g/mol. The Hall–Kier alpha value is -2.90. The van der Waals surface area contributed by atoms with E-state index in [0.717, 1.165) is 29.8 Å². The SMILES string of the molecule is Cc1nn(C)c(C)c1CNC(=O)c1cn(C(C)C)cc(C(=O)NCC2CCCCC2)c1=O. The molecule has 0 spiro atoms. The van der Waals surface area contributed by atoms with Crippen molar-refractivity contribution in [2.45, 2.75) is 72.4 Å². The van der Waals surface area contributed by atoms with E-state index in [1.807, 2.05) is 34.7 Å². The normalized spacial score (nSPS) is 14.6. The van der Waals surface area contributed by atoms with Crippen molar-refractivity contribution in [2.24, 2.45) is 13.0 Å². The van der Waals surface area contributed by atoms with Crippen LogP contribution >= 0.6 is 0 Å². The third-order valence-electron chi connectivity index (χ3n) is 6.49. The predicted octanol–water partition coefficient (Wildman–Crippen LogP) is 3.02. The number of nitrogens with zero attached hydrogens (tertiary/aromatic N) is 3. The minimum Gasteiger partial charge on any atom is -0.352 e. The third-order valence-corrected chi connectivity index (χ3v) is 6.49. The summed E-state index contributed by atoms with van der Waals surface area (Å²) in [4.78, 5) is 38.9. The second-order valence-electron chi connectivity index (χ2n) is 9.13. The zero-order valence-electron chi connectivity index (χ0n) is 19.8. The van der Waals surface area contributed by atoms with Crippen LogP contribution in [-0.2, 0) is 13.6 Å². The molecule has 2 heterocycles. The van der Waals surface area contributed by atoms with Crippen molar-refractivity contribution in [1.29, 1.82) is 0 Å². The first-order chi connectivity index (χ1) is 15.2. The second kappa shape index (κ2) is 10.1. The Morgan fingerprint density at radius 2 is 1.66 bits per heavy atom. The van der Waals surface area contributed by atoms with E-state index in [0.29, 0.717) is 12.5 Å². The molecular formula is C24H35N5O3. The van der Waals surface area contributed by atoms with Crippen LogP contribution in [0.15, 0.2) is 17.2 Å². The summed E-state index contributed by atoms with van der Waals surface area (Å²) in [6, 6.07) is -0.00476. The lowest BCUT2D eigenvalue weighted by atomic mass is 9.89. The van der Waals surface area contributed by atoms with Gasteiger partial charge in [0.1, 0.15) is 11.1 Å². The predicted molar refractivity (Wildman–Crippen MR) is 124 cm³/mol. The van der Waals surface area contributed by atoms with E-state index in [2.05, 4.69) is 15.7 Å². The average Bonchev–Trinajstić information content (AvgIpc) is 3.01. The van der Waals surface area contributed by atoms with Gasteiger partial charge >= 0.3 is 0 Å². The minimum absolute atomic E-state index is 0.00476. The van der Waals surface area contributed by atoms with Gasteiger partial charge in [0.15, 0.2) is 0 Å². The lowest BCUT2D eigenvalue weighted by molar-refractivity contribution is 0.0941. The van der Waals surface area contributed by atoms with Gasteiger partial charge in [-0.25, -0.2) is 0 Å². The highest BCUT2D eigenvalue weighted by Gasteiger charge is 2.22. The van der Waals surface area contributed by atoms with Crippen molar-refractivity contribution in [3.05, 3.63) is 50.7 Å². The number of carbonyl (C=O) groups excluding carboxylic acids is 2. The van der Waals surface area contributed by atoms with Crippen LogP contribution in [0.4, 0.5) is 0 Å². The summed E-state index contributed by atoms with van der Waals surface area (Å²) in [6.45, 7) is 8.54. The molecule has 1 aliphatic carbocycles. The Morgan fingerprint density at radius 3 is 2.19 bits per heavy atom. The van der Waals surface area contributed by atoms with Crippen LogP contribution in [0.25, 0.3) is 0 Å². The van der Waals surface area contributed by atoms with Gasteiger partial charge in [-0.1, -0.05) is 19.3 Å². The molecule has 3 rings (SSSR count). The zero-order valence-corrected chi connectivity index (χ0v) is 19.8. The molecule has 1 aliphatic rings. The Kier molecular flexibility index (Phi) is 7.53. The minimum atomic E-state index is -0.542. The Bertz CT molecular complexity index is 1040. The maximum absolute atomic E-state index is 13.1. The number of aromatic nitrogens is 3. The van der Waals surface area contributed by atoms with Crippen molar-refractivity contribution in [3.8, 4) is 0 Å². The van der Waals surface area contributed by atoms with E-state index in [9.17, 15) is 14.4 Å². The van der Waals surface area contributed by atoms with E-state index >= 15 is 0 Å². The number of rotatable bonds is 7. The molecular weight excluding hydrogens is 406 g/mol. The maximum atomic E-state index is 13.1. The summed E-state index contributed by atoms with van der Waals surface area (Å²) in [6.07, 6.45) is 8.91. The molecule has 0 saturated heterocycles. The molecule has 8 nitrogen and oxygen atoms in total. The summed E-state index contributed by atoms with van der Waals surface area (Å²) in [5.41, 5.74) is 2.16. The number of aryl methyl sites for hydroxylation is 2. The van der Waals surface area contributed by atoms with E-state index in [4.69, 9.17) is 0 Å². The molecule has 0 aliphatic heterocycles. The van der Waals surface area contributed by atoms with E-state index in [1.165, 1.54) is 25.5 Å². The van der Waals surface area contributed by atoms with Crippen molar-refractivity contribution in [3.63, 3.8) is 0 Å². The van der Waals surface area contributed by atoms with E-state index in [1.54, 1.807) is 15.4 Å². The molecule has 2 amide bonds. The topological polar surface area (TPSA) is 98.0 Å². The highest BCUT2D eigenvalue weighted by molar-refractivity contribution is 5.99.